The number of fused-ring (bicyclic) bond motifs is 1. The Bertz CT molecular complexity index is 572. The van der Waals surface area contributed by atoms with Gasteiger partial charge in [-0.3, -0.25) is 4.90 Å². The number of thiazole rings is 1. The normalized spacial score (nSPS) is 11.8. The Hall–Kier alpha value is -1.33. The van der Waals surface area contributed by atoms with Crippen molar-refractivity contribution in [3.05, 3.63) is 18.2 Å². The van der Waals surface area contributed by atoms with Crippen LogP contribution in [0.1, 0.15) is 27.7 Å². The minimum absolute atomic E-state index is 0.562. The highest BCUT2D eigenvalue weighted by Crippen LogP contribution is 2.28. The molecule has 0 spiro atoms. The summed E-state index contributed by atoms with van der Waals surface area (Å²) < 4.78 is 6.40. The molecule has 0 aliphatic carbocycles. The third-order valence-electron chi connectivity index (χ3n) is 3.57. The first-order valence-electron chi connectivity index (χ1n) is 7.45. The highest BCUT2D eigenvalue weighted by atomic mass is 32.1. The molecule has 0 saturated heterocycles. The summed E-state index contributed by atoms with van der Waals surface area (Å²) in [7, 11) is 1.69. The molecule has 116 valence electrons. The van der Waals surface area contributed by atoms with Crippen molar-refractivity contribution in [1.82, 2.24) is 9.88 Å². The highest BCUT2D eigenvalue weighted by Gasteiger charge is 2.13. The molecular weight excluding hydrogens is 282 g/mol. The van der Waals surface area contributed by atoms with Gasteiger partial charge in [-0.2, -0.15) is 0 Å². The maximum absolute atomic E-state index is 5.25. The van der Waals surface area contributed by atoms with Gasteiger partial charge in [0.15, 0.2) is 5.13 Å². The Morgan fingerprint density at radius 1 is 1.24 bits per heavy atom. The van der Waals surface area contributed by atoms with Gasteiger partial charge in [-0.25, -0.2) is 4.98 Å². The fourth-order valence-electron chi connectivity index (χ4n) is 2.51. The molecular formula is C16H25N3OS. The minimum atomic E-state index is 0.562. The molecule has 21 heavy (non-hydrogen) atoms. The molecule has 0 saturated carbocycles. The predicted octanol–water partition coefficient (Wildman–Crippen LogP) is 3.84. The average Bonchev–Trinajstić information content (AvgIpc) is 2.84. The van der Waals surface area contributed by atoms with Crippen molar-refractivity contribution in [2.45, 2.75) is 39.8 Å². The van der Waals surface area contributed by atoms with Crippen molar-refractivity contribution in [2.75, 3.05) is 25.5 Å². The van der Waals surface area contributed by atoms with E-state index >= 15 is 0 Å². The van der Waals surface area contributed by atoms with Crippen LogP contribution in [0, 0.1) is 0 Å². The van der Waals surface area contributed by atoms with Crippen molar-refractivity contribution in [2.24, 2.45) is 0 Å². The SMILES string of the molecule is COc1ccc2nc(NCCN(C(C)C)C(C)C)sc2c1. The molecule has 1 N–H and O–H groups in total. The maximum Gasteiger partial charge on any atom is 0.183 e. The first-order valence-corrected chi connectivity index (χ1v) is 8.27. The van der Waals surface area contributed by atoms with Crippen LogP contribution in [0.2, 0.25) is 0 Å². The van der Waals surface area contributed by atoms with E-state index in [1.165, 1.54) is 0 Å². The number of hydrogen-bond donors (Lipinski definition) is 1. The monoisotopic (exact) mass is 307 g/mol. The van der Waals surface area contributed by atoms with Crippen LogP contribution in [0.5, 0.6) is 5.75 Å². The van der Waals surface area contributed by atoms with Gasteiger partial charge in [0.1, 0.15) is 5.75 Å². The summed E-state index contributed by atoms with van der Waals surface area (Å²) in [4.78, 5) is 7.08. The van der Waals surface area contributed by atoms with Gasteiger partial charge >= 0.3 is 0 Å². The summed E-state index contributed by atoms with van der Waals surface area (Å²) in [5.74, 6) is 0.878. The van der Waals surface area contributed by atoms with Crippen molar-refractivity contribution in [3.8, 4) is 5.75 Å². The topological polar surface area (TPSA) is 37.4 Å². The summed E-state index contributed by atoms with van der Waals surface area (Å²) in [5.41, 5.74) is 1.02. The molecule has 0 aliphatic heterocycles. The zero-order valence-electron chi connectivity index (χ0n) is 13.5. The highest BCUT2D eigenvalue weighted by molar-refractivity contribution is 7.22. The largest absolute Gasteiger partial charge is 0.497 e. The molecule has 0 fully saturated rings. The second-order valence-electron chi connectivity index (χ2n) is 5.70. The molecule has 0 amide bonds. The Morgan fingerprint density at radius 2 is 1.95 bits per heavy atom. The predicted molar refractivity (Wildman–Crippen MR) is 91.6 cm³/mol. The van der Waals surface area contributed by atoms with E-state index in [0.29, 0.717) is 12.1 Å². The molecule has 1 aromatic carbocycles. The number of nitrogens with zero attached hydrogens (tertiary/aromatic N) is 2. The summed E-state index contributed by atoms with van der Waals surface area (Å²) in [6.45, 7) is 10.9. The lowest BCUT2D eigenvalue weighted by Gasteiger charge is -2.30. The molecule has 0 unspecified atom stereocenters. The van der Waals surface area contributed by atoms with Crippen molar-refractivity contribution in [1.29, 1.82) is 0 Å². The lowest BCUT2D eigenvalue weighted by Crippen LogP contribution is -2.40. The number of hydrogen-bond acceptors (Lipinski definition) is 5. The van der Waals surface area contributed by atoms with Crippen LogP contribution in [-0.4, -0.2) is 42.2 Å². The molecule has 2 rings (SSSR count). The molecule has 1 heterocycles. The number of benzene rings is 1. The van der Waals surface area contributed by atoms with Gasteiger partial charge in [0, 0.05) is 25.2 Å². The second-order valence-corrected chi connectivity index (χ2v) is 6.74. The standard InChI is InChI=1S/C16H25N3OS/c1-11(2)19(12(3)4)9-8-17-16-18-14-7-6-13(20-5)10-15(14)21-16/h6-7,10-12H,8-9H2,1-5H3,(H,17,18). The van der Waals surface area contributed by atoms with Crippen molar-refractivity contribution >= 4 is 26.7 Å². The van der Waals surface area contributed by atoms with Gasteiger partial charge in [0.25, 0.3) is 0 Å². The number of aromatic nitrogens is 1. The van der Waals surface area contributed by atoms with E-state index in [1.807, 2.05) is 18.2 Å². The van der Waals surface area contributed by atoms with E-state index in [9.17, 15) is 0 Å². The number of methoxy groups -OCH3 is 1. The number of rotatable bonds is 7. The summed E-state index contributed by atoms with van der Waals surface area (Å²) in [6.07, 6.45) is 0. The van der Waals surface area contributed by atoms with E-state index in [4.69, 9.17) is 4.74 Å². The molecule has 1 aromatic heterocycles. The first-order chi connectivity index (χ1) is 10.0. The van der Waals surface area contributed by atoms with Gasteiger partial charge in [0.05, 0.1) is 17.3 Å². The van der Waals surface area contributed by atoms with E-state index in [1.54, 1.807) is 18.4 Å². The number of ether oxygens (including phenoxy) is 1. The quantitative estimate of drug-likeness (QED) is 0.843. The van der Waals surface area contributed by atoms with Gasteiger partial charge < -0.3 is 10.1 Å². The molecule has 4 nitrogen and oxygen atoms in total. The van der Waals surface area contributed by atoms with E-state index in [0.717, 1.165) is 34.2 Å². The Labute approximate surface area is 131 Å². The zero-order chi connectivity index (χ0) is 15.4. The van der Waals surface area contributed by atoms with Crippen LogP contribution in [0.3, 0.4) is 0 Å². The fraction of sp³-hybridized carbons (Fsp3) is 0.562. The molecule has 2 aromatic rings. The molecule has 5 heteroatoms. The fourth-order valence-corrected chi connectivity index (χ4v) is 3.43. The van der Waals surface area contributed by atoms with E-state index in [2.05, 4.69) is 42.9 Å². The van der Waals surface area contributed by atoms with Crippen molar-refractivity contribution in [3.63, 3.8) is 0 Å². The van der Waals surface area contributed by atoms with Crippen LogP contribution in [0.25, 0.3) is 10.2 Å². The van der Waals surface area contributed by atoms with Crippen molar-refractivity contribution < 1.29 is 4.74 Å². The zero-order valence-corrected chi connectivity index (χ0v) is 14.3. The molecule has 0 radical (unpaired) electrons. The Kier molecular flexibility index (Phi) is 5.42. The minimum Gasteiger partial charge on any atom is -0.497 e. The smallest absolute Gasteiger partial charge is 0.183 e. The van der Waals surface area contributed by atoms with Gasteiger partial charge in [0.2, 0.25) is 0 Å². The van der Waals surface area contributed by atoms with E-state index in [-0.39, 0.29) is 0 Å². The lowest BCUT2D eigenvalue weighted by atomic mass is 10.2. The average molecular weight is 307 g/mol. The van der Waals surface area contributed by atoms with Crippen LogP contribution in [0.15, 0.2) is 18.2 Å². The summed E-state index contributed by atoms with van der Waals surface area (Å²) >= 11 is 1.67. The molecule has 0 atom stereocenters. The number of anilines is 1. The van der Waals surface area contributed by atoms with E-state index < -0.39 is 0 Å². The van der Waals surface area contributed by atoms with Crippen LogP contribution in [0.4, 0.5) is 5.13 Å². The maximum atomic E-state index is 5.25. The van der Waals surface area contributed by atoms with Crippen LogP contribution < -0.4 is 10.1 Å². The van der Waals surface area contributed by atoms with Gasteiger partial charge in [-0.15, -0.1) is 0 Å². The summed E-state index contributed by atoms with van der Waals surface area (Å²) in [5, 5.41) is 4.41. The van der Waals surface area contributed by atoms with Crippen LogP contribution >= 0.6 is 11.3 Å². The third kappa shape index (κ3) is 4.08. The molecule has 0 aliphatic rings. The molecule has 0 bridgehead atoms. The lowest BCUT2D eigenvalue weighted by molar-refractivity contribution is 0.182. The Morgan fingerprint density at radius 3 is 2.57 bits per heavy atom. The second kappa shape index (κ2) is 7.09. The number of nitrogens with one attached hydrogen (secondary N) is 1. The Balaban J connectivity index is 1.97. The third-order valence-corrected chi connectivity index (χ3v) is 4.54. The van der Waals surface area contributed by atoms with Gasteiger partial charge in [-0.1, -0.05) is 11.3 Å². The summed E-state index contributed by atoms with van der Waals surface area (Å²) in [6, 6.07) is 7.11. The first kappa shape index (κ1) is 16.0. The van der Waals surface area contributed by atoms with Crippen LogP contribution in [-0.2, 0) is 0 Å². The van der Waals surface area contributed by atoms with Gasteiger partial charge in [-0.05, 0) is 45.9 Å².